The fourth-order valence-electron chi connectivity index (χ4n) is 2.42. The van der Waals surface area contributed by atoms with Gasteiger partial charge < -0.3 is 15.0 Å². The molecule has 8 nitrogen and oxygen atoms in total. The predicted octanol–water partition coefficient (Wildman–Crippen LogP) is 2.63. The van der Waals surface area contributed by atoms with Gasteiger partial charge in [0.15, 0.2) is 12.4 Å². The Hall–Kier alpha value is -3.42. The number of carbonyl (C=O) groups excluding carboxylic acids is 2. The zero-order valence-corrected chi connectivity index (χ0v) is 15.2. The fourth-order valence-corrected chi connectivity index (χ4v) is 2.42. The average Bonchev–Trinajstić information content (AvgIpc) is 2.66. The molecular formula is C19H21N3O5. The van der Waals surface area contributed by atoms with E-state index < -0.39 is 17.4 Å². The topological polar surface area (TPSA) is 102 Å². The molecule has 0 aliphatic rings. The van der Waals surface area contributed by atoms with Gasteiger partial charge in [-0.15, -0.1) is 0 Å². The van der Waals surface area contributed by atoms with Crippen LogP contribution in [0, 0.1) is 10.1 Å². The third-order valence-electron chi connectivity index (χ3n) is 3.89. The molecule has 0 aromatic heterocycles. The van der Waals surface area contributed by atoms with Crippen molar-refractivity contribution >= 4 is 23.2 Å². The highest BCUT2D eigenvalue weighted by molar-refractivity contribution is 5.95. The SMILES string of the molecule is CCc1ccccc1NC(=O)CN(C)C(=O)COc1ccccc1[N+](=O)[O-]. The summed E-state index contributed by atoms with van der Waals surface area (Å²) in [6.45, 7) is 1.43. The summed E-state index contributed by atoms with van der Waals surface area (Å²) in [6, 6.07) is 13.2. The van der Waals surface area contributed by atoms with Crippen molar-refractivity contribution in [1.82, 2.24) is 4.90 Å². The second-order valence-electron chi connectivity index (χ2n) is 5.82. The fraction of sp³-hybridized carbons (Fsp3) is 0.263. The summed E-state index contributed by atoms with van der Waals surface area (Å²) < 4.78 is 5.25. The lowest BCUT2D eigenvalue weighted by molar-refractivity contribution is -0.385. The second-order valence-corrected chi connectivity index (χ2v) is 5.82. The average molecular weight is 371 g/mol. The van der Waals surface area contributed by atoms with Crippen LogP contribution in [0.4, 0.5) is 11.4 Å². The molecule has 0 aliphatic heterocycles. The van der Waals surface area contributed by atoms with Crippen molar-refractivity contribution in [3.05, 3.63) is 64.2 Å². The van der Waals surface area contributed by atoms with Gasteiger partial charge in [-0.25, -0.2) is 0 Å². The normalized spacial score (nSPS) is 10.1. The van der Waals surface area contributed by atoms with E-state index in [9.17, 15) is 19.7 Å². The van der Waals surface area contributed by atoms with E-state index in [-0.39, 0.29) is 23.9 Å². The number of nitrogens with one attached hydrogen (secondary N) is 1. The summed E-state index contributed by atoms with van der Waals surface area (Å²) in [5.41, 5.74) is 1.49. The maximum atomic E-state index is 12.2. The summed E-state index contributed by atoms with van der Waals surface area (Å²) in [5.74, 6) is -0.796. The molecule has 0 radical (unpaired) electrons. The first kappa shape index (κ1) is 19.9. The predicted molar refractivity (Wildman–Crippen MR) is 101 cm³/mol. The Morgan fingerprint density at radius 3 is 2.52 bits per heavy atom. The highest BCUT2D eigenvalue weighted by atomic mass is 16.6. The zero-order chi connectivity index (χ0) is 19.8. The van der Waals surface area contributed by atoms with E-state index in [4.69, 9.17) is 4.74 Å². The van der Waals surface area contributed by atoms with Crippen molar-refractivity contribution in [1.29, 1.82) is 0 Å². The van der Waals surface area contributed by atoms with Crippen LogP contribution in [0.5, 0.6) is 5.75 Å². The molecule has 0 unspecified atom stereocenters. The molecule has 0 atom stereocenters. The van der Waals surface area contributed by atoms with Crippen LogP contribution in [0.15, 0.2) is 48.5 Å². The van der Waals surface area contributed by atoms with Gasteiger partial charge in [-0.05, 0) is 24.1 Å². The van der Waals surface area contributed by atoms with Gasteiger partial charge in [-0.3, -0.25) is 19.7 Å². The molecule has 142 valence electrons. The molecule has 0 bridgehead atoms. The molecule has 8 heteroatoms. The molecule has 2 aromatic rings. The first-order chi connectivity index (χ1) is 12.9. The number of amides is 2. The molecular weight excluding hydrogens is 350 g/mol. The number of aryl methyl sites for hydroxylation is 1. The monoisotopic (exact) mass is 371 g/mol. The van der Waals surface area contributed by atoms with Crippen molar-refractivity contribution in [3.63, 3.8) is 0 Å². The molecule has 0 saturated carbocycles. The smallest absolute Gasteiger partial charge is 0.310 e. The zero-order valence-electron chi connectivity index (χ0n) is 15.2. The van der Waals surface area contributed by atoms with Gasteiger partial charge in [0, 0.05) is 18.8 Å². The van der Waals surface area contributed by atoms with E-state index in [0.29, 0.717) is 5.69 Å². The Morgan fingerprint density at radius 1 is 1.15 bits per heavy atom. The number of nitro groups is 1. The Balaban J connectivity index is 1.90. The molecule has 0 saturated heterocycles. The quantitative estimate of drug-likeness (QED) is 0.568. The summed E-state index contributed by atoms with van der Waals surface area (Å²) in [5, 5.41) is 13.7. The summed E-state index contributed by atoms with van der Waals surface area (Å²) in [6.07, 6.45) is 0.773. The minimum atomic E-state index is -0.581. The third kappa shape index (κ3) is 5.53. The van der Waals surface area contributed by atoms with Crippen molar-refractivity contribution in [2.24, 2.45) is 0 Å². The van der Waals surface area contributed by atoms with Gasteiger partial charge in [0.05, 0.1) is 11.5 Å². The van der Waals surface area contributed by atoms with Gasteiger partial charge in [-0.1, -0.05) is 37.3 Å². The molecule has 2 rings (SSSR count). The van der Waals surface area contributed by atoms with E-state index in [1.165, 1.54) is 30.1 Å². The molecule has 0 fully saturated rings. The number of nitro benzene ring substituents is 1. The number of ether oxygens (including phenoxy) is 1. The number of nitrogens with zero attached hydrogens (tertiary/aromatic N) is 2. The van der Waals surface area contributed by atoms with Crippen LogP contribution >= 0.6 is 0 Å². The van der Waals surface area contributed by atoms with Gasteiger partial charge in [0.25, 0.3) is 5.91 Å². The van der Waals surface area contributed by atoms with Gasteiger partial charge in [0.1, 0.15) is 0 Å². The van der Waals surface area contributed by atoms with Crippen molar-refractivity contribution in [3.8, 4) is 5.75 Å². The van der Waals surface area contributed by atoms with Crippen molar-refractivity contribution in [2.45, 2.75) is 13.3 Å². The van der Waals surface area contributed by atoms with E-state index >= 15 is 0 Å². The molecule has 27 heavy (non-hydrogen) atoms. The third-order valence-corrected chi connectivity index (χ3v) is 3.89. The Morgan fingerprint density at radius 2 is 1.81 bits per heavy atom. The van der Waals surface area contributed by atoms with E-state index in [0.717, 1.165) is 12.0 Å². The largest absolute Gasteiger partial charge is 0.477 e. The Labute approximate surface area is 156 Å². The van der Waals surface area contributed by atoms with Crippen LogP contribution in [0.1, 0.15) is 12.5 Å². The number of hydrogen-bond donors (Lipinski definition) is 1. The lowest BCUT2D eigenvalue weighted by Gasteiger charge is -2.18. The Kier molecular flexibility index (Phi) is 6.87. The number of likely N-dealkylation sites (N-methyl/N-ethyl adjacent to an activating group) is 1. The van der Waals surface area contributed by atoms with Crippen LogP contribution in [-0.2, 0) is 16.0 Å². The first-order valence-corrected chi connectivity index (χ1v) is 8.40. The van der Waals surface area contributed by atoms with Crippen LogP contribution in [-0.4, -0.2) is 41.8 Å². The van der Waals surface area contributed by atoms with Gasteiger partial charge in [-0.2, -0.15) is 0 Å². The van der Waals surface area contributed by atoms with E-state index in [1.807, 2.05) is 25.1 Å². The molecule has 0 spiro atoms. The van der Waals surface area contributed by atoms with Crippen LogP contribution in [0.2, 0.25) is 0 Å². The molecule has 2 amide bonds. The number of benzene rings is 2. The number of para-hydroxylation sites is 3. The van der Waals surface area contributed by atoms with Crippen LogP contribution in [0.25, 0.3) is 0 Å². The Bertz CT molecular complexity index is 838. The lowest BCUT2D eigenvalue weighted by Crippen LogP contribution is -2.37. The minimum absolute atomic E-state index is 0.00516. The number of anilines is 1. The summed E-state index contributed by atoms with van der Waals surface area (Å²) >= 11 is 0. The summed E-state index contributed by atoms with van der Waals surface area (Å²) in [7, 11) is 1.47. The highest BCUT2D eigenvalue weighted by Crippen LogP contribution is 2.25. The molecule has 0 aliphatic carbocycles. The lowest BCUT2D eigenvalue weighted by atomic mass is 10.1. The maximum absolute atomic E-state index is 12.2. The van der Waals surface area contributed by atoms with E-state index in [1.54, 1.807) is 12.1 Å². The minimum Gasteiger partial charge on any atom is -0.477 e. The first-order valence-electron chi connectivity index (χ1n) is 8.40. The molecule has 2 aromatic carbocycles. The summed E-state index contributed by atoms with van der Waals surface area (Å²) in [4.78, 5) is 35.9. The van der Waals surface area contributed by atoms with Gasteiger partial charge in [0.2, 0.25) is 5.91 Å². The maximum Gasteiger partial charge on any atom is 0.310 e. The second kappa shape index (κ2) is 9.33. The standard InChI is InChI=1S/C19H21N3O5/c1-3-14-8-4-5-9-15(14)20-18(23)12-21(2)19(24)13-27-17-11-7-6-10-16(17)22(25)26/h4-11H,3,12-13H2,1-2H3,(H,20,23). The highest BCUT2D eigenvalue weighted by Gasteiger charge is 2.18. The van der Waals surface area contributed by atoms with E-state index in [2.05, 4.69) is 5.32 Å². The van der Waals surface area contributed by atoms with Gasteiger partial charge >= 0.3 is 5.69 Å². The number of carbonyl (C=O) groups is 2. The van der Waals surface area contributed by atoms with Crippen molar-refractivity contribution < 1.29 is 19.2 Å². The van der Waals surface area contributed by atoms with Crippen LogP contribution < -0.4 is 10.1 Å². The molecule has 0 heterocycles. The van der Waals surface area contributed by atoms with Crippen LogP contribution in [0.3, 0.4) is 0 Å². The number of hydrogen-bond acceptors (Lipinski definition) is 5. The van der Waals surface area contributed by atoms with Crippen molar-refractivity contribution in [2.75, 3.05) is 25.5 Å². The molecule has 1 N–H and O–H groups in total. The number of rotatable bonds is 8.